The molecule has 2 amide bonds. The first-order valence-corrected chi connectivity index (χ1v) is 6.12. The average Bonchev–Trinajstić information content (AvgIpc) is 2.73. The number of aromatic nitrogens is 1. The summed E-state index contributed by atoms with van der Waals surface area (Å²) in [6.45, 7) is -0.00958. The lowest BCUT2D eigenvalue weighted by Gasteiger charge is -2.12. The monoisotopic (exact) mass is 283 g/mol. The highest BCUT2D eigenvalue weighted by Gasteiger charge is 2.35. The minimum Gasteiger partial charge on any atom is -0.269 e. The van der Waals surface area contributed by atoms with E-state index in [0.29, 0.717) is 16.8 Å². The fraction of sp³-hybridized carbons (Fsp3) is 0.0714. The molecule has 0 fully saturated rings. The quantitative estimate of drug-likeness (QED) is 0.486. The fourth-order valence-corrected chi connectivity index (χ4v) is 2.16. The van der Waals surface area contributed by atoms with Gasteiger partial charge in [0.2, 0.25) is 0 Å². The Bertz CT molecular complexity index is 720. The lowest BCUT2D eigenvalue weighted by Crippen LogP contribution is -2.29. The Labute approximate surface area is 119 Å². The van der Waals surface area contributed by atoms with E-state index in [4.69, 9.17) is 0 Å². The Morgan fingerprint density at radius 3 is 2.14 bits per heavy atom. The zero-order valence-electron chi connectivity index (χ0n) is 10.7. The summed E-state index contributed by atoms with van der Waals surface area (Å²) >= 11 is 0. The van der Waals surface area contributed by atoms with Crippen molar-refractivity contribution in [2.24, 2.45) is 0 Å². The van der Waals surface area contributed by atoms with Crippen molar-refractivity contribution in [1.82, 2.24) is 9.88 Å². The minimum atomic E-state index is -0.557. The number of rotatable bonds is 3. The van der Waals surface area contributed by atoms with E-state index >= 15 is 0 Å². The van der Waals surface area contributed by atoms with Crippen LogP contribution in [0, 0.1) is 10.1 Å². The SMILES string of the molecule is O=C1c2ccccc2C(=O)N1Cc1ccc([N+](=O)[O-])cn1. The summed E-state index contributed by atoms with van der Waals surface area (Å²) < 4.78 is 0. The average molecular weight is 283 g/mol. The van der Waals surface area contributed by atoms with E-state index in [-0.39, 0.29) is 24.0 Å². The van der Waals surface area contributed by atoms with Gasteiger partial charge in [-0.05, 0) is 18.2 Å². The van der Waals surface area contributed by atoms with Crippen molar-refractivity contribution >= 4 is 17.5 Å². The highest BCUT2D eigenvalue weighted by Crippen LogP contribution is 2.24. The lowest BCUT2D eigenvalue weighted by atomic mass is 10.1. The molecular formula is C14H9N3O4. The maximum atomic E-state index is 12.2. The van der Waals surface area contributed by atoms with Crippen LogP contribution in [-0.2, 0) is 6.54 Å². The van der Waals surface area contributed by atoms with Gasteiger partial charge in [-0.2, -0.15) is 0 Å². The van der Waals surface area contributed by atoms with E-state index in [1.54, 1.807) is 24.3 Å². The van der Waals surface area contributed by atoms with Gasteiger partial charge in [-0.3, -0.25) is 29.6 Å². The Kier molecular flexibility index (Phi) is 2.94. The first-order chi connectivity index (χ1) is 10.1. The molecule has 0 saturated heterocycles. The molecule has 1 aliphatic rings. The van der Waals surface area contributed by atoms with Crippen LogP contribution in [0.5, 0.6) is 0 Å². The summed E-state index contributed by atoms with van der Waals surface area (Å²) in [5.41, 5.74) is 1.00. The molecule has 0 N–H and O–H groups in total. The van der Waals surface area contributed by atoms with Gasteiger partial charge in [0, 0.05) is 6.07 Å². The number of hydrogen-bond donors (Lipinski definition) is 0. The van der Waals surface area contributed by atoms with Crippen LogP contribution in [0.15, 0.2) is 42.6 Å². The van der Waals surface area contributed by atoms with E-state index in [9.17, 15) is 19.7 Å². The lowest BCUT2D eigenvalue weighted by molar-refractivity contribution is -0.385. The molecule has 2 aromatic rings. The second-order valence-electron chi connectivity index (χ2n) is 4.51. The normalized spacial score (nSPS) is 13.4. The summed E-state index contributed by atoms with van der Waals surface area (Å²) in [7, 11) is 0. The minimum absolute atomic E-state index is 0.00958. The molecule has 104 valence electrons. The van der Waals surface area contributed by atoms with Crippen molar-refractivity contribution < 1.29 is 14.5 Å². The maximum absolute atomic E-state index is 12.2. The Morgan fingerprint density at radius 1 is 1.05 bits per heavy atom. The number of nitrogens with zero attached hydrogens (tertiary/aromatic N) is 3. The van der Waals surface area contributed by atoms with Crippen LogP contribution in [0.2, 0.25) is 0 Å². The van der Waals surface area contributed by atoms with Crippen molar-refractivity contribution in [3.63, 3.8) is 0 Å². The van der Waals surface area contributed by atoms with Gasteiger partial charge in [-0.15, -0.1) is 0 Å². The third-order valence-electron chi connectivity index (χ3n) is 3.22. The fourth-order valence-electron chi connectivity index (χ4n) is 2.16. The predicted molar refractivity (Wildman–Crippen MR) is 71.5 cm³/mol. The van der Waals surface area contributed by atoms with Gasteiger partial charge in [-0.25, -0.2) is 0 Å². The van der Waals surface area contributed by atoms with Crippen molar-refractivity contribution in [2.45, 2.75) is 6.54 Å². The van der Waals surface area contributed by atoms with Crippen LogP contribution < -0.4 is 0 Å². The smallest absolute Gasteiger partial charge is 0.269 e. The number of carbonyl (C=O) groups is 2. The van der Waals surface area contributed by atoms with Crippen LogP contribution in [0.4, 0.5) is 5.69 Å². The summed E-state index contributed by atoms with van der Waals surface area (Å²) in [6, 6.07) is 9.30. The number of fused-ring (bicyclic) bond motifs is 1. The van der Waals surface area contributed by atoms with Gasteiger partial charge in [0.05, 0.1) is 28.3 Å². The first-order valence-electron chi connectivity index (χ1n) is 6.12. The molecule has 7 heteroatoms. The molecule has 1 aromatic heterocycles. The second-order valence-corrected chi connectivity index (χ2v) is 4.51. The molecule has 0 saturated carbocycles. The summed E-state index contributed by atoms with van der Waals surface area (Å²) in [5.74, 6) is -0.758. The van der Waals surface area contributed by atoms with Crippen LogP contribution in [-0.4, -0.2) is 26.6 Å². The second kappa shape index (κ2) is 4.78. The van der Waals surface area contributed by atoms with Crippen LogP contribution in [0.25, 0.3) is 0 Å². The third-order valence-corrected chi connectivity index (χ3v) is 3.22. The van der Waals surface area contributed by atoms with Gasteiger partial charge in [-0.1, -0.05) is 12.1 Å². The van der Waals surface area contributed by atoms with Gasteiger partial charge in [0.25, 0.3) is 17.5 Å². The van der Waals surface area contributed by atoms with Crippen LogP contribution in [0.3, 0.4) is 0 Å². The van der Waals surface area contributed by atoms with Gasteiger partial charge in [0.1, 0.15) is 6.20 Å². The topological polar surface area (TPSA) is 93.4 Å². The zero-order valence-corrected chi connectivity index (χ0v) is 10.7. The van der Waals surface area contributed by atoms with Crippen molar-refractivity contribution in [1.29, 1.82) is 0 Å². The number of benzene rings is 1. The first kappa shape index (κ1) is 12.9. The predicted octanol–water partition coefficient (Wildman–Crippen LogP) is 1.79. The number of nitro groups is 1. The number of amides is 2. The molecule has 7 nitrogen and oxygen atoms in total. The molecular weight excluding hydrogens is 274 g/mol. The molecule has 0 radical (unpaired) electrons. The third kappa shape index (κ3) is 2.14. The number of hydrogen-bond acceptors (Lipinski definition) is 5. The molecule has 0 unspecified atom stereocenters. The molecule has 3 rings (SSSR count). The highest BCUT2D eigenvalue weighted by atomic mass is 16.6. The molecule has 0 spiro atoms. The number of carbonyl (C=O) groups excluding carboxylic acids is 2. The number of imide groups is 1. The molecule has 1 aromatic carbocycles. The molecule has 0 bridgehead atoms. The molecule has 0 atom stereocenters. The van der Waals surface area contributed by atoms with E-state index in [1.165, 1.54) is 12.1 Å². The van der Waals surface area contributed by atoms with Crippen LogP contribution in [0.1, 0.15) is 26.4 Å². The van der Waals surface area contributed by atoms with Crippen molar-refractivity contribution in [3.8, 4) is 0 Å². The Balaban J connectivity index is 1.85. The maximum Gasteiger partial charge on any atom is 0.287 e. The molecule has 1 aliphatic heterocycles. The van der Waals surface area contributed by atoms with Gasteiger partial charge < -0.3 is 0 Å². The van der Waals surface area contributed by atoms with Crippen molar-refractivity contribution in [3.05, 3.63) is 69.5 Å². The Hall–Kier alpha value is -3.09. The summed E-state index contributed by atoms with van der Waals surface area (Å²) in [5, 5.41) is 10.6. The molecule has 21 heavy (non-hydrogen) atoms. The van der Waals surface area contributed by atoms with E-state index in [2.05, 4.69) is 4.98 Å². The van der Waals surface area contributed by atoms with Crippen LogP contribution >= 0.6 is 0 Å². The largest absolute Gasteiger partial charge is 0.287 e. The van der Waals surface area contributed by atoms with E-state index in [0.717, 1.165) is 11.1 Å². The summed E-state index contributed by atoms with van der Waals surface area (Å²) in [4.78, 5) is 39.3. The zero-order chi connectivity index (χ0) is 15.0. The molecule has 0 aliphatic carbocycles. The van der Waals surface area contributed by atoms with Gasteiger partial charge in [0.15, 0.2) is 0 Å². The van der Waals surface area contributed by atoms with E-state index < -0.39 is 4.92 Å². The summed E-state index contributed by atoms with van der Waals surface area (Å²) in [6.07, 6.45) is 1.10. The van der Waals surface area contributed by atoms with Gasteiger partial charge >= 0.3 is 0 Å². The van der Waals surface area contributed by atoms with E-state index in [1.807, 2.05) is 0 Å². The highest BCUT2D eigenvalue weighted by molar-refractivity contribution is 6.21. The Morgan fingerprint density at radius 2 is 1.67 bits per heavy atom. The standard InChI is InChI=1S/C14H9N3O4/c18-13-11-3-1-2-4-12(11)14(19)16(13)8-9-5-6-10(7-15-9)17(20)21/h1-7H,8H2. The van der Waals surface area contributed by atoms with Crippen molar-refractivity contribution in [2.75, 3.05) is 0 Å². The number of pyridine rings is 1. The molecule has 2 heterocycles.